The summed E-state index contributed by atoms with van der Waals surface area (Å²) in [5, 5.41) is 0. The maximum absolute atomic E-state index is 6.27. The Labute approximate surface area is 94.6 Å². The predicted octanol–water partition coefficient (Wildman–Crippen LogP) is 1.14. The van der Waals surface area contributed by atoms with Gasteiger partial charge in [0.2, 0.25) is 0 Å². The minimum Gasteiger partial charge on any atom is -0.326 e. The summed E-state index contributed by atoms with van der Waals surface area (Å²) < 4.78 is 0. The Morgan fingerprint density at radius 3 is 2.67 bits per heavy atom. The summed E-state index contributed by atoms with van der Waals surface area (Å²) in [6, 6.07) is 0.907. The third-order valence-corrected chi connectivity index (χ3v) is 3.53. The van der Waals surface area contributed by atoms with Crippen molar-refractivity contribution in [2.45, 2.75) is 44.7 Å². The standard InChI is InChI=1S/C12H27N3/c1-4-5-6-7-11(13)12-10-14(2)8-9-15(12)3/h11-12H,4-10,13H2,1-3H3. The van der Waals surface area contributed by atoms with Crippen LogP contribution in [0.3, 0.4) is 0 Å². The summed E-state index contributed by atoms with van der Waals surface area (Å²) in [4.78, 5) is 4.82. The van der Waals surface area contributed by atoms with Crippen LogP contribution in [0.25, 0.3) is 0 Å². The van der Waals surface area contributed by atoms with E-state index in [9.17, 15) is 0 Å². The Bertz CT molecular complexity index is 172. The first kappa shape index (κ1) is 12.9. The van der Waals surface area contributed by atoms with Crippen molar-refractivity contribution in [3.8, 4) is 0 Å². The number of unbranched alkanes of at least 4 members (excludes halogenated alkanes) is 2. The van der Waals surface area contributed by atoms with Crippen molar-refractivity contribution in [2.75, 3.05) is 33.7 Å². The first-order chi connectivity index (χ1) is 7.15. The lowest BCUT2D eigenvalue weighted by Gasteiger charge is -2.40. The van der Waals surface area contributed by atoms with Crippen molar-refractivity contribution in [3.05, 3.63) is 0 Å². The van der Waals surface area contributed by atoms with Gasteiger partial charge in [0.1, 0.15) is 0 Å². The molecule has 1 saturated heterocycles. The Morgan fingerprint density at radius 2 is 2.00 bits per heavy atom. The van der Waals surface area contributed by atoms with Crippen molar-refractivity contribution in [3.63, 3.8) is 0 Å². The third-order valence-electron chi connectivity index (χ3n) is 3.53. The number of likely N-dealkylation sites (N-methyl/N-ethyl adjacent to an activating group) is 2. The first-order valence-electron chi connectivity index (χ1n) is 6.29. The lowest BCUT2D eigenvalue weighted by Crippen LogP contribution is -2.57. The predicted molar refractivity (Wildman–Crippen MR) is 66.0 cm³/mol. The second-order valence-corrected chi connectivity index (χ2v) is 4.97. The normalized spacial score (nSPS) is 26.8. The number of rotatable bonds is 5. The molecule has 90 valence electrons. The topological polar surface area (TPSA) is 32.5 Å². The van der Waals surface area contributed by atoms with Gasteiger partial charge in [-0.2, -0.15) is 0 Å². The molecule has 1 aliphatic rings. The molecule has 15 heavy (non-hydrogen) atoms. The van der Waals surface area contributed by atoms with Crippen LogP contribution in [0.5, 0.6) is 0 Å². The van der Waals surface area contributed by atoms with Gasteiger partial charge in [0.15, 0.2) is 0 Å². The molecule has 1 rings (SSSR count). The van der Waals surface area contributed by atoms with Crippen molar-refractivity contribution in [2.24, 2.45) is 5.73 Å². The molecule has 1 heterocycles. The molecule has 1 fully saturated rings. The van der Waals surface area contributed by atoms with Crippen molar-refractivity contribution in [1.82, 2.24) is 9.80 Å². The van der Waals surface area contributed by atoms with E-state index < -0.39 is 0 Å². The molecular weight excluding hydrogens is 186 g/mol. The Morgan fingerprint density at radius 1 is 1.27 bits per heavy atom. The van der Waals surface area contributed by atoms with Crippen LogP contribution in [-0.2, 0) is 0 Å². The summed E-state index contributed by atoms with van der Waals surface area (Å²) in [6.07, 6.45) is 5.06. The van der Waals surface area contributed by atoms with E-state index in [1.807, 2.05) is 0 Å². The molecule has 0 saturated carbocycles. The summed E-state index contributed by atoms with van der Waals surface area (Å²) in [7, 11) is 4.40. The minimum atomic E-state index is 0.351. The van der Waals surface area contributed by atoms with Gasteiger partial charge in [-0.1, -0.05) is 26.2 Å². The molecule has 0 aromatic carbocycles. The molecule has 0 spiro atoms. The SMILES string of the molecule is CCCCCC(N)C1CN(C)CCN1C. The molecule has 3 nitrogen and oxygen atoms in total. The van der Waals surface area contributed by atoms with Crippen LogP contribution in [0.4, 0.5) is 0 Å². The van der Waals surface area contributed by atoms with E-state index in [1.165, 1.54) is 32.2 Å². The monoisotopic (exact) mass is 213 g/mol. The Kier molecular flexibility index (Phi) is 5.58. The van der Waals surface area contributed by atoms with Crippen LogP contribution in [-0.4, -0.2) is 55.6 Å². The maximum Gasteiger partial charge on any atom is 0.0371 e. The van der Waals surface area contributed by atoms with Crippen molar-refractivity contribution >= 4 is 0 Å². The van der Waals surface area contributed by atoms with E-state index in [1.54, 1.807) is 0 Å². The van der Waals surface area contributed by atoms with E-state index in [2.05, 4.69) is 30.8 Å². The maximum atomic E-state index is 6.27. The quantitative estimate of drug-likeness (QED) is 0.695. The van der Waals surface area contributed by atoms with E-state index in [0.717, 1.165) is 13.1 Å². The fourth-order valence-corrected chi connectivity index (χ4v) is 2.33. The third kappa shape index (κ3) is 4.09. The zero-order chi connectivity index (χ0) is 11.3. The van der Waals surface area contributed by atoms with Crippen molar-refractivity contribution < 1.29 is 0 Å². The lowest BCUT2D eigenvalue weighted by molar-refractivity contribution is 0.0947. The molecule has 0 aliphatic carbocycles. The van der Waals surface area contributed by atoms with Crippen LogP contribution in [0, 0.1) is 0 Å². The van der Waals surface area contributed by atoms with E-state index in [0.29, 0.717) is 12.1 Å². The van der Waals surface area contributed by atoms with E-state index >= 15 is 0 Å². The fraction of sp³-hybridized carbons (Fsp3) is 1.00. The minimum absolute atomic E-state index is 0.351. The average molecular weight is 213 g/mol. The van der Waals surface area contributed by atoms with Gasteiger partial charge in [-0.05, 0) is 20.5 Å². The summed E-state index contributed by atoms with van der Waals surface area (Å²) in [5.41, 5.74) is 6.27. The van der Waals surface area contributed by atoms with E-state index in [-0.39, 0.29) is 0 Å². The summed E-state index contributed by atoms with van der Waals surface area (Å²) in [5.74, 6) is 0. The summed E-state index contributed by atoms with van der Waals surface area (Å²) >= 11 is 0. The second kappa shape index (κ2) is 6.46. The van der Waals surface area contributed by atoms with Crippen molar-refractivity contribution in [1.29, 1.82) is 0 Å². The van der Waals surface area contributed by atoms with E-state index in [4.69, 9.17) is 5.73 Å². The highest BCUT2D eigenvalue weighted by Gasteiger charge is 2.26. The number of piperazine rings is 1. The van der Waals surface area contributed by atoms with Crippen LogP contribution in [0.1, 0.15) is 32.6 Å². The average Bonchev–Trinajstić information content (AvgIpc) is 2.22. The van der Waals surface area contributed by atoms with Gasteiger partial charge >= 0.3 is 0 Å². The van der Waals surface area contributed by atoms with Gasteiger partial charge in [-0.3, -0.25) is 4.90 Å². The zero-order valence-corrected chi connectivity index (χ0v) is 10.6. The first-order valence-corrected chi connectivity index (χ1v) is 6.29. The lowest BCUT2D eigenvalue weighted by atomic mass is 9.99. The number of nitrogens with two attached hydrogens (primary N) is 1. The zero-order valence-electron chi connectivity index (χ0n) is 10.6. The molecule has 2 N–H and O–H groups in total. The van der Waals surface area contributed by atoms with Crippen LogP contribution in [0.15, 0.2) is 0 Å². The highest BCUT2D eigenvalue weighted by Crippen LogP contribution is 2.13. The molecule has 1 aliphatic heterocycles. The van der Waals surface area contributed by atoms with Crippen LogP contribution >= 0.6 is 0 Å². The fourth-order valence-electron chi connectivity index (χ4n) is 2.33. The van der Waals surface area contributed by atoms with Gasteiger partial charge < -0.3 is 10.6 Å². The number of hydrogen-bond donors (Lipinski definition) is 1. The molecule has 3 heteroatoms. The van der Waals surface area contributed by atoms with Gasteiger partial charge in [0.25, 0.3) is 0 Å². The highest BCUT2D eigenvalue weighted by atomic mass is 15.3. The largest absolute Gasteiger partial charge is 0.326 e. The summed E-state index contributed by atoms with van der Waals surface area (Å²) in [6.45, 7) is 5.70. The number of hydrogen-bond acceptors (Lipinski definition) is 3. The molecule has 0 radical (unpaired) electrons. The van der Waals surface area contributed by atoms with Crippen LogP contribution in [0.2, 0.25) is 0 Å². The molecular formula is C12H27N3. The Balaban J connectivity index is 2.32. The molecule has 2 atom stereocenters. The van der Waals surface area contributed by atoms with Gasteiger partial charge in [-0.15, -0.1) is 0 Å². The second-order valence-electron chi connectivity index (χ2n) is 4.97. The van der Waals surface area contributed by atoms with Crippen LogP contribution < -0.4 is 5.73 Å². The van der Waals surface area contributed by atoms with Gasteiger partial charge in [-0.25, -0.2) is 0 Å². The molecule has 0 bridgehead atoms. The molecule has 2 unspecified atom stereocenters. The highest BCUT2D eigenvalue weighted by molar-refractivity contribution is 4.86. The Hall–Kier alpha value is -0.120. The molecule has 0 aromatic heterocycles. The number of nitrogens with zero attached hydrogens (tertiary/aromatic N) is 2. The van der Waals surface area contributed by atoms with Gasteiger partial charge in [0, 0.05) is 31.7 Å². The molecule has 0 aromatic rings. The smallest absolute Gasteiger partial charge is 0.0371 e. The van der Waals surface area contributed by atoms with Gasteiger partial charge in [0.05, 0.1) is 0 Å². The molecule has 0 amide bonds.